The van der Waals surface area contributed by atoms with Crippen LogP contribution >= 0.6 is 0 Å². The standard InChI is InChI=1S/C19H25NO4/c1-2-24-18(23)19(15-9-4-3-5-10-15)13-7-6-11-16(19)20-14-8-12-17(21)22/h3-6,9-11,16,20H,2,7-8,12-14H2,1H3,(H,21,22)/t16-,19+/m1/s1. The zero-order valence-electron chi connectivity index (χ0n) is 14.0. The van der Waals surface area contributed by atoms with Gasteiger partial charge in [-0.25, -0.2) is 0 Å². The molecule has 5 heteroatoms. The van der Waals surface area contributed by atoms with E-state index in [9.17, 15) is 9.59 Å². The van der Waals surface area contributed by atoms with Crippen LogP contribution in [0.15, 0.2) is 42.5 Å². The van der Waals surface area contributed by atoms with Crippen LogP contribution in [-0.4, -0.2) is 36.2 Å². The van der Waals surface area contributed by atoms with Gasteiger partial charge in [0.1, 0.15) is 5.41 Å². The third kappa shape index (κ3) is 4.03. The van der Waals surface area contributed by atoms with E-state index in [0.717, 1.165) is 12.0 Å². The number of hydrogen-bond acceptors (Lipinski definition) is 4. The van der Waals surface area contributed by atoms with Crippen molar-refractivity contribution >= 4 is 11.9 Å². The van der Waals surface area contributed by atoms with Crippen molar-refractivity contribution < 1.29 is 19.4 Å². The van der Waals surface area contributed by atoms with E-state index in [1.54, 1.807) is 0 Å². The number of carbonyl (C=O) groups is 2. The van der Waals surface area contributed by atoms with Gasteiger partial charge in [-0.15, -0.1) is 0 Å². The molecule has 5 nitrogen and oxygen atoms in total. The molecule has 0 heterocycles. The van der Waals surface area contributed by atoms with Gasteiger partial charge in [-0.1, -0.05) is 42.5 Å². The summed E-state index contributed by atoms with van der Waals surface area (Å²) in [5.41, 5.74) is 0.165. The van der Waals surface area contributed by atoms with Gasteiger partial charge in [0.2, 0.25) is 0 Å². The van der Waals surface area contributed by atoms with Crippen LogP contribution in [0.5, 0.6) is 0 Å². The molecule has 0 aromatic heterocycles. The summed E-state index contributed by atoms with van der Waals surface area (Å²) >= 11 is 0. The molecule has 130 valence electrons. The van der Waals surface area contributed by atoms with Crippen molar-refractivity contribution in [2.45, 2.75) is 44.1 Å². The largest absolute Gasteiger partial charge is 0.481 e. The molecule has 0 amide bonds. The number of hydrogen-bond donors (Lipinski definition) is 2. The minimum Gasteiger partial charge on any atom is -0.481 e. The van der Waals surface area contributed by atoms with Crippen LogP contribution < -0.4 is 5.32 Å². The van der Waals surface area contributed by atoms with Crippen molar-refractivity contribution in [2.75, 3.05) is 13.2 Å². The minimum absolute atomic E-state index is 0.112. The molecule has 1 aromatic carbocycles. The highest BCUT2D eigenvalue weighted by molar-refractivity contribution is 5.85. The van der Waals surface area contributed by atoms with Gasteiger partial charge in [0.15, 0.2) is 0 Å². The maximum atomic E-state index is 12.9. The van der Waals surface area contributed by atoms with E-state index >= 15 is 0 Å². The number of ether oxygens (including phenoxy) is 1. The smallest absolute Gasteiger partial charge is 0.318 e. The number of benzene rings is 1. The van der Waals surface area contributed by atoms with Gasteiger partial charge in [-0.2, -0.15) is 0 Å². The summed E-state index contributed by atoms with van der Waals surface area (Å²) < 4.78 is 5.41. The van der Waals surface area contributed by atoms with E-state index in [-0.39, 0.29) is 18.4 Å². The Bertz CT molecular complexity index is 584. The van der Waals surface area contributed by atoms with E-state index in [2.05, 4.69) is 11.4 Å². The number of esters is 1. The normalized spacial score (nSPS) is 23.0. The van der Waals surface area contributed by atoms with Gasteiger partial charge in [0, 0.05) is 12.5 Å². The predicted octanol–water partition coefficient (Wildman–Crippen LogP) is 2.66. The Morgan fingerprint density at radius 1 is 1.33 bits per heavy atom. The molecule has 2 atom stereocenters. The summed E-state index contributed by atoms with van der Waals surface area (Å²) in [6, 6.07) is 9.49. The zero-order valence-corrected chi connectivity index (χ0v) is 14.0. The fourth-order valence-corrected chi connectivity index (χ4v) is 3.27. The van der Waals surface area contributed by atoms with Gasteiger partial charge in [0.25, 0.3) is 0 Å². The fraction of sp³-hybridized carbons (Fsp3) is 0.474. The molecule has 0 unspecified atom stereocenters. The van der Waals surface area contributed by atoms with Crippen molar-refractivity contribution in [2.24, 2.45) is 0 Å². The zero-order chi connectivity index (χ0) is 17.4. The van der Waals surface area contributed by atoms with Gasteiger partial charge in [-0.3, -0.25) is 9.59 Å². The van der Waals surface area contributed by atoms with Crippen LogP contribution in [0, 0.1) is 0 Å². The van der Waals surface area contributed by atoms with Crippen LogP contribution in [-0.2, 0) is 19.7 Å². The molecule has 0 saturated heterocycles. The Kier molecular flexibility index (Phi) is 6.55. The maximum absolute atomic E-state index is 12.9. The van der Waals surface area contributed by atoms with E-state index in [4.69, 9.17) is 9.84 Å². The Morgan fingerprint density at radius 3 is 2.75 bits per heavy atom. The first kappa shape index (κ1) is 18.2. The van der Waals surface area contributed by atoms with Crippen LogP contribution in [0.25, 0.3) is 0 Å². The van der Waals surface area contributed by atoms with E-state index in [1.165, 1.54) is 0 Å². The third-order valence-electron chi connectivity index (χ3n) is 4.43. The summed E-state index contributed by atoms with van der Waals surface area (Å²) in [6.07, 6.45) is 6.18. The van der Waals surface area contributed by atoms with Gasteiger partial charge in [-0.05, 0) is 38.3 Å². The third-order valence-corrected chi connectivity index (χ3v) is 4.43. The average Bonchev–Trinajstić information content (AvgIpc) is 2.60. The van der Waals surface area contributed by atoms with E-state index in [1.807, 2.05) is 43.3 Å². The van der Waals surface area contributed by atoms with Gasteiger partial charge in [0.05, 0.1) is 6.61 Å². The molecular weight excluding hydrogens is 306 g/mol. The van der Waals surface area contributed by atoms with Crippen molar-refractivity contribution in [3.63, 3.8) is 0 Å². The van der Waals surface area contributed by atoms with Crippen LogP contribution in [0.3, 0.4) is 0 Å². The van der Waals surface area contributed by atoms with Crippen molar-refractivity contribution in [3.8, 4) is 0 Å². The molecule has 0 radical (unpaired) electrons. The van der Waals surface area contributed by atoms with Crippen molar-refractivity contribution in [1.29, 1.82) is 0 Å². The second kappa shape index (κ2) is 8.64. The molecule has 2 rings (SSSR count). The lowest BCUT2D eigenvalue weighted by Gasteiger charge is -2.40. The summed E-state index contributed by atoms with van der Waals surface area (Å²) in [5, 5.41) is 12.1. The lowest BCUT2D eigenvalue weighted by Crippen LogP contribution is -2.54. The number of nitrogens with one attached hydrogen (secondary N) is 1. The SMILES string of the molecule is CCOC(=O)[C@]1(c2ccccc2)CCC=C[C@H]1NCCCC(=O)O. The summed E-state index contributed by atoms with van der Waals surface area (Å²) in [6.45, 7) is 2.68. The first-order valence-electron chi connectivity index (χ1n) is 8.46. The molecule has 1 aliphatic rings. The number of aliphatic carboxylic acids is 1. The molecule has 0 aliphatic heterocycles. The predicted molar refractivity (Wildman–Crippen MR) is 91.8 cm³/mol. The number of carboxylic acid groups (broad SMARTS) is 1. The summed E-state index contributed by atoms with van der Waals surface area (Å²) in [7, 11) is 0. The van der Waals surface area contributed by atoms with Gasteiger partial charge < -0.3 is 15.2 Å². The van der Waals surface area contributed by atoms with E-state index in [0.29, 0.717) is 26.0 Å². The van der Waals surface area contributed by atoms with Crippen LogP contribution in [0.1, 0.15) is 38.2 Å². The van der Waals surface area contributed by atoms with E-state index < -0.39 is 11.4 Å². The topological polar surface area (TPSA) is 75.6 Å². The Balaban J connectivity index is 2.26. The van der Waals surface area contributed by atoms with Crippen LogP contribution in [0.4, 0.5) is 0 Å². The van der Waals surface area contributed by atoms with Gasteiger partial charge >= 0.3 is 11.9 Å². The quantitative estimate of drug-likeness (QED) is 0.435. The lowest BCUT2D eigenvalue weighted by atomic mass is 9.68. The molecule has 0 spiro atoms. The molecule has 2 N–H and O–H groups in total. The molecule has 24 heavy (non-hydrogen) atoms. The Morgan fingerprint density at radius 2 is 2.08 bits per heavy atom. The second-order valence-corrected chi connectivity index (χ2v) is 5.95. The first-order valence-corrected chi connectivity index (χ1v) is 8.46. The lowest BCUT2D eigenvalue weighted by molar-refractivity contribution is -0.151. The first-order chi connectivity index (χ1) is 11.6. The molecule has 1 aliphatic carbocycles. The number of rotatable bonds is 8. The second-order valence-electron chi connectivity index (χ2n) is 5.95. The van der Waals surface area contributed by atoms with Crippen LogP contribution in [0.2, 0.25) is 0 Å². The molecular formula is C19H25NO4. The number of carbonyl (C=O) groups excluding carboxylic acids is 1. The molecule has 0 fully saturated rings. The van der Waals surface area contributed by atoms with Crippen molar-refractivity contribution in [1.82, 2.24) is 5.32 Å². The molecule has 0 bridgehead atoms. The molecule has 0 saturated carbocycles. The maximum Gasteiger partial charge on any atom is 0.318 e. The highest BCUT2D eigenvalue weighted by Crippen LogP contribution is 2.38. The Labute approximate surface area is 142 Å². The Hall–Kier alpha value is -2.14. The minimum atomic E-state index is -0.810. The summed E-state index contributed by atoms with van der Waals surface area (Å²) in [4.78, 5) is 23.6. The highest BCUT2D eigenvalue weighted by Gasteiger charge is 2.48. The number of carboxylic acids is 1. The monoisotopic (exact) mass is 331 g/mol. The molecule has 1 aromatic rings. The fourth-order valence-electron chi connectivity index (χ4n) is 3.27. The highest BCUT2D eigenvalue weighted by atomic mass is 16.5. The summed E-state index contributed by atoms with van der Waals surface area (Å²) in [5.74, 6) is -1.04. The average molecular weight is 331 g/mol. The number of allylic oxidation sites excluding steroid dienone is 1. The van der Waals surface area contributed by atoms with Crippen molar-refractivity contribution in [3.05, 3.63) is 48.0 Å².